The Balaban J connectivity index is 0.000000238. The van der Waals surface area contributed by atoms with Gasteiger partial charge in [0.25, 0.3) is 10.1 Å². The molecule has 0 aromatic heterocycles. The van der Waals surface area contributed by atoms with Crippen LogP contribution in [0.2, 0.25) is 0 Å². The van der Waals surface area contributed by atoms with Gasteiger partial charge < -0.3 is 10.5 Å². The summed E-state index contributed by atoms with van der Waals surface area (Å²) in [7, 11) is -4.32. The highest BCUT2D eigenvalue weighted by molar-refractivity contribution is 7.85. The number of nitrogens with two attached hydrogens (primary N) is 1. The van der Waals surface area contributed by atoms with Crippen LogP contribution in [0.5, 0.6) is 0 Å². The Morgan fingerprint density at radius 2 is 1.78 bits per heavy atom. The van der Waals surface area contributed by atoms with Gasteiger partial charge >= 0.3 is 5.97 Å². The van der Waals surface area contributed by atoms with E-state index in [4.69, 9.17) is 15.5 Å². The van der Waals surface area contributed by atoms with Crippen LogP contribution in [0.15, 0.2) is 53.4 Å². The summed E-state index contributed by atoms with van der Waals surface area (Å²) in [6.07, 6.45) is 0.759. The zero-order valence-electron chi connectivity index (χ0n) is 11.7. The van der Waals surface area contributed by atoms with Crippen LogP contribution in [0.3, 0.4) is 0 Å². The maximum Gasteiger partial charge on any atom is 0.335 e. The second-order valence-electron chi connectivity index (χ2n) is 4.16. The number of carboxylic acids is 1. The first-order valence-corrected chi connectivity index (χ1v) is 7.55. The third kappa shape index (κ3) is 5.51. The summed E-state index contributed by atoms with van der Waals surface area (Å²) in [5.74, 6) is 3.87. The van der Waals surface area contributed by atoms with Crippen molar-refractivity contribution in [1.82, 2.24) is 0 Å². The number of hydrogen-bond donors (Lipinski definition) is 4. The van der Waals surface area contributed by atoms with E-state index in [-0.39, 0.29) is 5.56 Å². The molecule has 0 saturated carbocycles. The fourth-order valence-electron chi connectivity index (χ4n) is 1.52. The Morgan fingerprint density at radius 1 is 1.13 bits per heavy atom. The summed E-state index contributed by atoms with van der Waals surface area (Å²) >= 11 is 0. The number of carbonyl (C=O) groups excluding carboxylic acids is 1. The van der Waals surface area contributed by atoms with Crippen molar-refractivity contribution in [2.45, 2.75) is 4.90 Å². The molecule has 2 aromatic rings. The number of nitrogens with one attached hydrogen (secondary N) is 1. The van der Waals surface area contributed by atoms with Crippen molar-refractivity contribution in [2.75, 3.05) is 5.43 Å². The molecule has 122 valence electrons. The molecule has 2 aromatic carbocycles. The molecule has 0 unspecified atom stereocenters. The summed E-state index contributed by atoms with van der Waals surface area (Å²) in [5.41, 5.74) is 3.45. The lowest BCUT2D eigenvalue weighted by molar-refractivity contribution is 0.0696. The fourth-order valence-corrected chi connectivity index (χ4v) is 2.05. The summed E-state index contributed by atoms with van der Waals surface area (Å²) in [5, 5.41) is 8.50. The predicted molar refractivity (Wildman–Crippen MR) is 82.9 cm³/mol. The van der Waals surface area contributed by atoms with Crippen molar-refractivity contribution >= 4 is 28.1 Å². The van der Waals surface area contributed by atoms with Crippen LogP contribution >= 0.6 is 0 Å². The molecule has 0 aliphatic carbocycles. The minimum atomic E-state index is -4.32. The first-order chi connectivity index (χ1) is 10.8. The van der Waals surface area contributed by atoms with Crippen LogP contribution in [0.1, 0.15) is 20.7 Å². The minimum Gasteiger partial charge on any atom is -0.478 e. The van der Waals surface area contributed by atoms with Gasteiger partial charge in [0.1, 0.15) is 0 Å². The second-order valence-corrected chi connectivity index (χ2v) is 5.58. The lowest BCUT2D eigenvalue weighted by Gasteiger charge is -2.00. The molecule has 8 nitrogen and oxygen atoms in total. The summed E-state index contributed by atoms with van der Waals surface area (Å²) < 4.78 is 29.7. The van der Waals surface area contributed by atoms with E-state index in [2.05, 4.69) is 5.43 Å². The molecule has 2 rings (SSSR count). The van der Waals surface area contributed by atoms with Crippen molar-refractivity contribution < 1.29 is 27.7 Å². The largest absolute Gasteiger partial charge is 0.478 e. The van der Waals surface area contributed by atoms with E-state index in [1.807, 2.05) is 6.07 Å². The Bertz CT molecular complexity index is 804. The Hall–Kier alpha value is -2.75. The van der Waals surface area contributed by atoms with Gasteiger partial charge in [-0.05, 0) is 30.3 Å². The number of hydrogen-bond acceptors (Lipinski definition) is 6. The quantitative estimate of drug-likeness (QED) is 0.283. The second kappa shape index (κ2) is 8.03. The lowest BCUT2D eigenvalue weighted by atomic mass is 10.2. The molecule has 0 heterocycles. The molecule has 9 heteroatoms. The lowest BCUT2D eigenvalue weighted by Crippen LogP contribution is -2.08. The molecule has 5 N–H and O–H groups in total. The molecular formula is C14H14N2O6S. The van der Waals surface area contributed by atoms with Gasteiger partial charge in [-0.15, -0.1) is 0 Å². The molecule has 0 aliphatic heterocycles. The van der Waals surface area contributed by atoms with Crippen LogP contribution in [0, 0.1) is 0 Å². The predicted octanol–water partition coefficient (Wildman–Crippen LogP) is 1.42. The summed E-state index contributed by atoms with van der Waals surface area (Å²) in [4.78, 5) is 20.3. The van der Waals surface area contributed by atoms with E-state index in [1.165, 1.54) is 12.1 Å². The standard InChI is InChI=1S/C7H8N2O.C7H6O5S/c8-9-7-4-2-1-3-6(7)5-10;8-7(9)5-2-1-3-6(4-5)13(10,11)12/h1-5,9H,8H2;1-4H,(H,8,9)(H,10,11,12). The third-order valence-electron chi connectivity index (χ3n) is 2.62. The number of aromatic carboxylic acids is 1. The van der Waals surface area contributed by atoms with Crippen LogP contribution in [0.4, 0.5) is 5.69 Å². The molecule has 0 bridgehead atoms. The van der Waals surface area contributed by atoms with Gasteiger partial charge in [-0.2, -0.15) is 8.42 Å². The highest BCUT2D eigenvalue weighted by Crippen LogP contribution is 2.11. The molecule has 0 radical (unpaired) electrons. The Kier molecular flexibility index (Phi) is 6.39. The maximum atomic E-state index is 10.6. The average Bonchev–Trinajstić information content (AvgIpc) is 2.54. The molecule has 0 aliphatic rings. The zero-order valence-corrected chi connectivity index (χ0v) is 12.5. The van der Waals surface area contributed by atoms with Crippen molar-refractivity contribution in [3.05, 3.63) is 59.7 Å². The van der Waals surface area contributed by atoms with Crippen molar-refractivity contribution in [1.29, 1.82) is 0 Å². The number of carbonyl (C=O) groups is 2. The highest BCUT2D eigenvalue weighted by Gasteiger charge is 2.11. The zero-order chi connectivity index (χ0) is 17.5. The van der Waals surface area contributed by atoms with E-state index in [9.17, 15) is 18.0 Å². The normalized spacial score (nSPS) is 10.2. The Morgan fingerprint density at radius 3 is 2.26 bits per heavy atom. The van der Waals surface area contributed by atoms with Crippen LogP contribution in [-0.4, -0.2) is 30.3 Å². The monoisotopic (exact) mass is 338 g/mol. The number of nitrogen functional groups attached to an aromatic ring is 1. The topological polar surface area (TPSA) is 147 Å². The van der Waals surface area contributed by atoms with Gasteiger partial charge in [0.05, 0.1) is 16.1 Å². The van der Waals surface area contributed by atoms with Crippen molar-refractivity contribution in [3.63, 3.8) is 0 Å². The molecule has 0 amide bonds. The van der Waals surface area contributed by atoms with E-state index in [0.717, 1.165) is 18.4 Å². The number of para-hydroxylation sites is 1. The number of anilines is 1. The molecule has 0 saturated heterocycles. The van der Waals surface area contributed by atoms with Gasteiger partial charge in [0.15, 0.2) is 6.29 Å². The van der Waals surface area contributed by atoms with E-state index in [0.29, 0.717) is 11.3 Å². The van der Waals surface area contributed by atoms with Crippen molar-refractivity contribution in [2.24, 2.45) is 5.84 Å². The minimum absolute atomic E-state index is 0.185. The van der Waals surface area contributed by atoms with Gasteiger partial charge in [-0.1, -0.05) is 18.2 Å². The van der Waals surface area contributed by atoms with Crippen molar-refractivity contribution in [3.8, 4) is 0 Å². The first-order valence-electron chi connectivity index (χ1n) is 6.11. The van der Waals surface area contributed by atoms with Gasteiger partial charge in [0.2, 0.25) is 0 Å². The molecule has 0 atom stereocenters. The summed E-state index contributed by atoms with van der Waals surface area (Å²) in [6, 6.07) is 11.5. The maximum absolute atomic E-state index is 10.6. The van der Waals surface area contributed by atoms with Gasteiger partial charge in [-0.3, -0.25) is 15.2 Å². The average molecular weight is 338 g/mol. The van der Waals surface area contributed by atoms with Crippen LogP contribution in [0.25, 0.3) is 0 Å². The first kappa shape index (κ1) is 18.3. The SMILES string of the molecule is NNc1ccccc1C=O.O=C(O)c1cccc(S(=O)(=O)O)c1. The molecule has 0 fully saturated rings. The van der Waals surface area contributed by atoms with E-state index >= 15 is 0 Å². The summed E-state index contributed by atoms with van der Waals surface area (Å²) in [6.45, 7) is 0. The Labute approximate surface area is 132 Å². The van der Waals surface area contributed by atoms with Gasteiger partial charge in [0, 0.05) is 5.56 Å². The third-order valence-corrected chi connectivity index (χ3v) is 3.47. The van der Waals surface area contributed by atoms with Crippen LogP contribution in [-0.2, 0) is 10.1 Å². The number of hydrazine groups is 1. The van der Waals surface area contributed by atoms with E-state index < -0.39 is 21.0 Å². The smallest absolute Gasteiger partial charge is 0.335 e. The molecule has 23 heavy (non-hydrogen) atoms. The number of carboxylic acid groups (broad SMARTS) is 1. The van der Waals surface area contributed by atoms with Crippen LogP contribution < -0.4 is 11.3 Å². The number of aldehydes is 1. The molecule has 0 spiro atoms. The number of rotatable bonds is 4. The van der Waals surface area contributed by atoms with E-state index in [1.54, 1.807) is 18.2 Å². The number of benzene rings is 2. The fraction of sp³-hybridized carbons (Fsp3) is 0. The highest BCUT2D eigenvalue weighted by atomic mass is 32.2. The van der Waals surface area contributed by atoms with Gasteiger partial charge in [-0.25, -0.2) is 4.79 Å². The molecular weight excluding hydrogens is 324 g/mol.